The van der Waals surface area contributed by atoms with E-state index in [9.17, 15) is 24.3 Å². The van der Waals surface area contributed by atoms with Gasteiger partial charge in [-0.3, -0.25) is 9.59 Å². The summed E-state index contributed by atoms with van der Waals surface area (Å²) in [4.78, 5) is 46.5. The number of rotatable bonds is 9. The monoisotopic (exact) mass is 440 g/mol. The maximum absolute atomic E-state index is 12.1. The molecule has 0 spiro atoms. The minimum atomic E-state index is -1.29. The van der Waals surface area contributed by atoms with Crippen LogP contribution < -0.4 is 10.6 Å². The van der Waals surface area contributed by atoms with Crippen LogP contribution in [-0.2, 0) is 23.9 Å². The highest BCUT2D eigenvalue weighted by molar-refractivity contribution is 5.87. The van der Waals surface area contributed by atoms with Crippen molar-refractivity contribution < 1.29 is 33.8 Å². The van der Waals surface area contributed by atoms with Gasteiger partial charge in [-0.2, -0.15) is 0 Å². The first kappa shape index (κ1) is 22.8. The topological polar surface area (TPSA) is 131 Å². The van der Waals surface area contributed by atoms with Gasteiger partial charge in [-0.05, 0) is 28.7 Å². The molecule has 0 saturated heterocycles. The van der Waals surface area contributed by atoms with E-state index in [0.717, 1.165) is 22.3 Å². The van der Waals surface area contributed by atoms with E-state index in [1.54, 1.807) is 0 Å². The van der Waals surface area contributed by atoms with Crippen molar-refractivity contribution in [2.75, 3.05) is 20.3 Å². The molecule has 2 aromatic carbocycles. The van der Waals surface area contributed by atoms with Crippen LogP contribution in [-0.4, -0.2) is 55.3 Å². The molecule has 1 aliphatic rings. The number of fused-ring (bicyclic) bond motifs is 3. The number of carbonyl (C=O) groups is 4. The highest BCUT2D eigenvalue weighted by atomic mass is 16.5. The van der Waals surface area contributed by atoms with E-state index in [0.29, 0.717) is 0 Å². The first-order valence-electron chi connectivity index (χ1n) is 10.1. The Kier molecular flexibility index (Phi) is 7.43. The Morgan fingerprint density at radius 3 is 2.16 bits per heavy atom. The van der Waals surface area contributed by atoms with Crippen LogP contribution in [0.4, 0.5) is 4.79 Å². The van der Waals surface area contributed by atoms with E-state index in [2.05, 4.69) is 15.4 Å². The van der Waals surface area contributed by atoms with Crippen molar-refractivity contribution in [1.82, 2.24) is 10.6 Å². The minimum Gasteiger partial charge on any atom is -0.480 e. The summed E-state index contributed by atoms with van der Waals surface area (Å²) in [5.41, 5.74) is 4.33. The van der Waals surface area contributed by atoms with Crippen LogP contribution >= 0.6 is 0 Å². The zero-order chi connectivity index (χ0) is 23.1. The fraction of sp³-hybridized carbons (Fsp3) is 0.304. The van der Waals surface area contributed by atoms with E-state index in [-0.39, 0.29) is 25.4 Å². The number of alkyl carbamates (subject to hydrolysis) is 1. The molecule has 9 heteroatoms. The Bertz CT molecular complexity index is 975. The largest absolute Gasteiger partial charge is 0.480 e. The number of nitrogens with one attached hydrogen (secondary N) is 2. The molecule has 0 unspecified atom stereocenters. The second kappa shape index (κ2) is 10.4. The average Bonchev–Trinajstić information content (AvgIpc) is 3.12. The number of ether oxygens (including phenoxy) is 2. The lowest BCUT2D eigenvalue weighted by Gasteiger charge is -2.16. The first-order chi connectivity index (χ1) is 15.4. The summed E-state index contributed by atoms with van der Waals surface area (Å²) >= 11 is 0. The van der Waals surface area contributed by atoms with Crippen LogP contribution in [0.3, 0.4) is 0 Å². The summed E-state index contributed by atoms with van der Waals surface area (Å²) in [7, 11) is 1.19. The lowest BCUT2D eigenvalue weighted by Crippen LogP contribution is -2.45. The molecule has 0 aromatic heterocycles. The van der Waals surface area contributed by atoms with Crippen LogP contribution in [0.25, 0.3) is 11.1 Å². The van der Waals surface area contributed by atoms with Gasteiger partial charge in [0, 0.05) is 12.3 Å². The Morgan fingerprint density at radius 2 is 1.59 bits per heavy atom. The molecular weight excluding hydrogens is 416 g/mol. The van der Waals surface area contributed by atoms with Crippen molar-refractivity contribution in [1.29, 1.82) is 0 Å². The molecule has 0 aliphatic heterocycles. The summed E-state index contributed by atoms with van der Waals surface area (Å²) in [6, 6.07) is 14.5. The number of carboxylic acids is 1. The zero-order valence-electron chi connectivity index (χ0n) is 17.5. The number of hydrogen-bond donors (Lipinski definition) is 3. The second-order valence-corrected chi connectivity index (χ2v) is 7.25. The van der Waals surface area contributed by atoms with Crippen LogP contribution in [0, 0.1) is 0 Å². The molecule has 9 nitrogen and oxygen atoms in total. The fourth-order valence-corrected chi connectivity index (χ4v) is 3.67. The molecular formula is C23H24N2O7. The number of methoxy groups -OCH3 is 1. The van der Waals surface area contributed by atoms with Crippen molar-refractivity contribution in [2.45, 2.75) is 24.8 Å². The molecule has 0 saturated carbocycles. The Morgan fingerprint density at radius 1 is 1.00 bits per heavy atom. The molecule has 0 heterocycles. The molecule has 2 amide bonds. The lowest BCUT2D eigenvalue weighted by molar-refractivity contribution is -0.144. The standard InChI is InChI=1S/C23H24N2O7/c1-31-21(27)11-10-19(22(28)29)25-20(26)12-24-23(30)32-13-18-16-8-4-2-6-14(16)15-7-3-5-9-17(15)18/h2-9,18-19H,10-13H2,1H3,(H,24,30)(H,25,26)(H,28,29)/t19-/m1/s1. The van der Waals surface area contributed by atoms with Crippen LogP contribution in [0.2, 0.25) is 0 Å². The summed E-state index contributed by atoms with van der Waals surface area (Å²) in [6.45, 7) is -0.364. The molecule has 2 aromatic rings. The second-order valence-electron chi connectivity index (χ2n) is 7.25. The van der Waals surface area contributed by atoms with Gasteiger partial charge in [0.25, 0.3) is 0 Å². The molecule has 32 heavy (non-hydrogen) atoms. The van der Waals surface area contributed by atoms with E-state index >= 15 is 0 Å². The van der Waals surface area contributed by atoms with Gasteiger partial charge in [0.1, 0.15) is 19.2 Å². The normalized spacial score (nSPS) is 12.8. The molecule has 0 bridgehead atoms. The number of carboxylic acid groups (broad SMARTS) is 1. The number of amides is 2. The van der Waals surface area contributed by atoms with E-state index in [1.165, 1.54) is 7.11 Å². The Balaban J connectivity index is 1.50. The van der Waals surface area contributed by atoms with Gasteiger partial charge in [-0.1, -0.05) is 48.5 Å². The molecule has 1 atom stereocenters. The van der Waals surface area contributed by atoms with Crippen molar-refractivity contribution in [3.63, 3.8) is 0 Å². The fourth-order valence-electron chi connectivity index (χ4n) is 3.67. The van der Waals surface area contributed by atoms with Gasteiger partial charge < -0.3 is 25.2 Å². The number of aliphatic carboxylic acids is 1. The molecule has 0 radical (unpaired) electrons. The maximum atomic E-state index is 12.1. The predicted octanol–water partition coefficient (Wildman–Crippen LogP) is 2.05. The number of esters is 1. The van der Waals surface area contributed by atoms with Crippen LogP contribution in [0.1, 0.15) is 29.9 Å². The van der Waals surface area contributed by atoms with E-state index in [1.807, 2.05) is 48.5 Å². The smallest absolute Gasteiger partial charge is 0.407 e. The highest BCUT2D eigenvalue weighted by Crippen LogP contribution is 2.44. The average molecular weight is 440 g/mol. The zero-order valence-corrected chi connectivity index (χ0v) is 17.5. The summed E-state index contributed by atoms with van der Waals surface area (Å²) in [5, 5.41) is 13.7. The van der Waals surface area contributed by atoms with Crippen molar-refractivity contribution in [3.8, 4) is 11.1 Å². The predicted molar refractivity (Wildman–Crippen MR) is 114 cm³/mol. The minimum absolute atomic E-state index is 0.0956. The van der Waals surface area contributed by atoms with E-state index < -0.39 is 36.5 Å². The lowest BCUT2D eigenvalue weighted by atomic mass is 9.98. The molecule has 3 rings (SSSR count). The summed E-state index contributed by atoms with van der Waals surface area (Å²) < 4.78 is 9.79. The molecule has 3 N–H and O–H groups in total. The maximum Gasteiger partial charge on any atom is 0.407 e. The molecule has 0 fully saturated rings. The van der Waals surface area contributed by atoms with Gasteiger partial charge in [0.2, 0.25) is 5.91 Å². The van der Waals surface area contributed by atoms with Gasteiger partial charge in [0.15, 0.2) is 0 Å². The first-order valence-corrected chi connectivity index (χ1v) is 10.1. The molecule has 168 valence electrons. The Hall–Kier alpha value is -3.88. The number of hydrogen-bond acceptors (Lipinski definition) is 6. The number of carbonyl (C=O) groups excluding carboxylic acids is 3. The van der Waals surface area contributed by atoms with Gasteiger partial charge in [-0.25, -0.2) is 9.59 Å². The van der Waals surface area contributed by atoms with Crippen LogP contribution in [0.5, 0.6) is 0 Å². The molecule has 1 aliphatic carbocycles. The van der Waals surface area contributed by atoms with Gasteiger partial charge in [-0.15, -0.1) is 0 Å². The van der Waals surface area contributed by atoms with E-state index in [4.69, 9.17) is 4.74 Å². The summed E-state index contributed by atoms with van der Waals surface area (Å²) in [5.74, 6) is -2.70. The third kappa shape index (κ3) is 5.42. The third-order valence-electron chi connectivity index (χ3n) is 5.24. The highest BCUT2D eigenvalue weighted by Gasteiger charge is 2.29. The third-order valence-corrected chi connectivity index (χ3v) is 5.24. The van der Waals surface area contributed by atoms with Crippen LogP contribution in [0.15, 0.2) is 48.5 Å². The quantitative estimate of drug-likeness (QED) is 0.509. The van der Waals surface area contributed by atoms with Crippen molar-refractivity contribution in [2.24, 2.45) is 0 Å². The SMILES string of the molecule is COC(=O)CC[C@@H](NC(=O)CNC(=O)OCC1c2ccccc2-c2ccccc21)C(=O)O. The van der Waals surface area contributed by atoms with Gasteiger partial charge in [0.05, 0.1) is 7.11 Å². The van der Waals surface area contributed by atoms with Crippen molar-refractivity contribution >= 4 is 23.9 Å². The van der Waals surface area contributed by atoms with Crippen molar-refractivity contribution in [3.05, 3.63) is 59.7 Å². The number of benzene rings is 2. The Labute approximate surface area is 184 Å². The summed E-state index contributed by atoms with van der Waals surface area (Å²) in [6.07, 6.45) is -1.07. The van der Waals surface area contributed by atoms with Gasteiger partial charge >= 0.3 is 18.0 Å².